The van der Waals surface area contributed by atoms with Crippen LogP contribution in [0.5, 0.6) is 5.75 Å². The number of rotatable bonds is 8. The van der Waals surface area contributed by atoms with Gasteiger partial charge in [0.2, 0.25) is 5.95 Å². The predicted molar refractivity (Wildman–Crippen MR) is 142 cm³/mol. The molecule has 1 atom stereocenters. The van der Waals surface area contributed by atoms with Crippen LogP contribution in [0.3, 0.4) is 0 Å². The molecular formula is C23H20ClFIN7O2. The number of hydrogen-bond donors (Lipinski definition) is 3. The van der Waals surface area contributed by atoms with E-state index in [1.165, 1.54) is 7.11 Å². The van der Waals surface area contributed by atoms with Gasteiger partial charge in [0.15, 0.2) is 11.6 Å². The van der Waals surface area contributed by atoms with E-state index in [0.29, 0.717) is 33.5 Å². The summed E-state index contributed by atoms with van der Waals surface area (Å²) >= 11 is 8.34. The molecule has 0 saturated heterocycles. The van der Waals surface area contributed by atoms with Gasteiger partial charge in [-0.3, -0.25) is 4.79 Å². The Balaban J connectivity index is 1.44. The van der Waals surface area contributed by atoms with E-state index in [4.69, 9.17) is 16.3 Å². The monoisotopic (exact) mass is 607 g/mol. The van der Waals surface area contributed by atoms with Crippen LogP contribution in [0.25, 0.3) is 0 Å². The van der Waals surface area contributed by atoms with Crippen LogP contribution in [0, 0.1) is 5.82 Å². The molecule has 9 nitrogen and oxygen atoms in total. The Hall–Kier alpha value is -3.45. The topological polar surface area (TPSA) is 106 Å². The minimum Gasteiger partial charge on any atom is -0.495 e. The Kier molecular flexibility index (Phi) is 7.66. The van der Waals surface area contributed by atoms with E-state index in [1.807, 2.05) is 6.92 Å². The molecule has 0 aliphatic heterocycles. The molecule has 4 rings (SSSR count). The molecule has 1 amide bonds. The van der Waals surface area contributed by atoms with Crippen molar-refractivity contribution in [2.75, 3.05) is 23.1 Å². The van der Waals surface area contributed by atoms with Crippen molar-refractivity contribution in [2.45, 2.75) is 11.0 Å². The number of halogens is 3. The molecule has 12 heteroatoms. The Morgan fingerprint density at radius 1 is 1.14 bits per heavy atom. The second-order valence-electron chi connectivity index (χ2n) is 7.26. The van der Waals surface area contributed by atoms with Crippen LogP contribution in [0.1, 0.15) is 21.3 Å². The van der Waals surface area contributed by atoms with Gasteiger partial charge >= 0.3 is 0 Å². The van der Waals surface area contributed by atoms with Crippen molar-refractivity contribution in [2.24, 2.45) is 0 Å². The number of aromatic nitrogens is 4. The number of nitrogens with one attached hydrogen (secondary N) is 3. The van der Waals surface area contributed by atoms with E-state index in [0.717, 1.165) is 6.20 Å². The molecule has 0 spiro atoms. The molecule has 35 heavy (non-hydrogen) atoms. The van der Waals surface area contributed by atoms with Gasteiger partial charge in [-0.25, -0.2) is 14.1 Å². The van der Waals surface area contributed by atoms with Crippen molar-refractivity contribution < 1.29 is 13.9 Å². The van der Waals surface area contributed by atoms with Gasteiger partial charge in [0.1, 0.15) is 15.6 Å². The van der Waals surface area contributed by atoms with Gasteiger partial charge in [-0.05, 0) is 49.4 Å². The van der Waals surface area contributed by atoms with Gasteiger partial charge in [-0.2, -0.15) is 10.1 Å². The number of carbonyl (C=O) groups is 1. The third kappa shape index (κ3) is 5.98. The number of amides is 1. The number of anilines is 5. The molecule has 0 saturated carbocycles. The molecule has 0 aliphatic rings. The Morgan fingerprint density at radius 3 is 2.57 bits per heavy atom. The van der Waals surface area contributed by atoms with Crippen LogP contribution in [0.4, 0.5) is 33.3 Å². The Labute approximate surface area is 219 Å². The van der Waals surface area contributed by atoms with E-state index in [2.05, 4.69) is 53.6 Å². The first-order valence-electron chi connectivity index (χ1n) is 10.3. The van der Waals surface area contributed by atoms with Crippen LogP contribution in [-0.4, -0.2) is 32.8 Å². The van der Waals surface area contributed by atoms with Crippen LogP contribution >= 0.6 is 34.2 Å². The molecule has 0 radical (unpaired) electrons. The Morgan fingerprint density at radius 2 is 1.89 bits per heavy atom. The van der Waals surface area contributed by atoms with Crippen molar-refractivity contribution in [3.05, 3.63) is 77.3 Å². The summed E-state index contributed by atoms with van der Waals surface area (Å²) in [5.74, 6) is 0.362. The van der Waals surface area contributed by atoms with E-state index in [9.17, 15) is 9.18 Å². The number of methoxy groups -OCH3 is 1. The second-order valence-corrected chi connectivity index (χ2v) is 9.47. The van der Waals surface area contributed by atoms with Gasteiger partial charge in [0.25, 0.3) is 5.91 Å². The van der Waals surface area contributed by atoms with Crippen molar-refractivity contribution in [3.63, 3.8) is 0 Å². The highest BCUT2D eigenvalue weighted by molar-refractivity contribution is 14.1. The smallest absolute Gasteiger partial charge is 0.256 e. The van der Waals surface area contributed by atoms with Crippen molar-refractivity contribution >= 4 is 69.1 Å². The lowest BCUT2D eigenvalue weighted by molar-refractivity contribution is 0.102. The standard InChI is InChI=1S/C23H20ClFIN7O2/c1-13(26)33-20(9-10-28-33)31-22(34)14-3-5-15(6-4-14)30-23-27-12-18(25)21(32-23)29-16-7-8-19(35-2)17(24)11-16/h3-13H,1-2H3,(H,31,34)(H2,27,29,30,32). The normalized spacial score (nSPS) is 11.6. The maximum atomic E-state index is 14.3. The molecule has 2 heterocycles. The molecule has 0 fully saturated rings. The van der Waals surface area contributed by atoms with E-state index in [1.54, 1.807) is 59.4 Å². The number of carbonyl (C=O) groups excluding carboxylic acids is 1. The van der Waals surface area contributed by atoms with Crippen LogP contribution in [0.15, 0.2) is 60.9 Å². The Bertz CT molecular complexity index is 1350. The van der Waals surface area contributed by atoms with Crippen LogP contribution in [-0.2, 0) is 0 Å². The highest BCUT2D eigenvalue weighted by Gasteiger charge is 2.13. The van der Waals surface area contributed by atoms with Gasteiger partial charge < -0.3 is 20.7 Å². The average molecular weight is 608 g/mol. The van der Waals surface area contributed by atoms with E-state index in [-0.39, 0.29) is 21.7 Å². The van der Waals surface area contributed by atoms with Crippen molar-refractivity contribution in [1.82, 2.24) is 19.7 Å². The van der Waals surface area contributed by atoms with Crippen molar-refractivity contribution in [3.8, 4) is 5.75 Å². The molecule has 2 aromatic heterocycles. The number of benzene rings is 2. The van der Waals surface area contributed by atoms with Gasteiger partial charge in [-0.15, -0.1) is 0 Å². The summed E-state index contributed by atoms with van der Waals surface area (Å²) in [5.41, 5.74) is 1.62. The highest BCUT2D eigenvalue weighted by Crippen LogP contribution is 2.29. The first kappa shape index (κ1) is 24.7. The van der Waals surface area contributed by atoms with E-state index >= 15 is 0 Å². The lowest BCUT2D eigenvalue weighted by atomic mass is 10.2. The molecular weight excluding hydrogens is 588 g/mol. The summed E-state index contributed by atoms with van der Waals surface area (Å²) in [6, 6.07) is 13.4. The summed E-state index contributed by atoms with van der Waals surface area (Å²) in [6.45, 7) is 1.97. The minimum absolute atomic E-state index is 0.0270. The van der Waals surface area contributed by atoms with Crippen LogP contribution in [0.2, 0.25) is 5.02 Å². The lowest BCUT2D eigenvalue weighted by Crippen LogP contribution is -2.16. The third-order valence-corrected chi connectivity index (χ3v) is 5.63. The maximum Gasteiger partial charge on any atom is 0.256 e. The summed E-state index contributed by atoms with van der Waals surface area (Å²) < 4.78 is 21.2. The fourth-order valence-electron chi connectivity index (χ4n) is 3.12. The van der Waals surface area contributed by atoms with Gasteiger partial charge in [0.05, 0.1) is 24.5 Å². The quantitative estimate of drug-likeness (QED) is 0.163. The fraction of sp³-hybridized carbons (Fsp3) is 0.130. The molecule has 0 aliphatic carbocycles. The largest absolute Gasteiger partial charge is 0.495 e. The van der Waals surface area contributed by atoms with Crippen molar-refractivity contribution in [1.29, 1.82) is 0 Å². The zero-order valence-electron chi connectivity index (χ0n) is 18.6. The zero-order chi connectivity index (χ0) is 24.9. The molecule has 0 bridgehead atoms. The fourth-order valence-corrected chi connectivity index (χ4v) is 3.82. The molecule has 4 aromatic rings. The number of ether oxygens (including phenoxy) is 1. The predicted octanol–water partition coefficient (Wildman–Crippen LogP) is 6.17. The first-order chi connectivity index (χ1) is 16.8. The summed E-state index contributed by atoms with van der Waals surface area (Å²) in [4.78, 5) is 20.8. The van der Waals surface area contributed by atoms with E-state index < -0.39 is 5.82 Å². The van der Waals surface area contributed by atoms with Gasteiger partial charge in [-0.1, -0.05) is 34.2 Å². The molecule has 2 aromatic carbocycles. The minimum atomic E-state index is -0.630. The lowest BCUT2D eigenvalue weighted by Gasteiger charge is -2.12. The summed E-state index contributed by atoms with van der Waals surface area (Å²) in [5, 5.41) is 13.3. The average Bonchev–Trinajstić information content (AvgIpc) is 3.30. The first-order valence-corrected chi connectivity index (χ1v) is 12.0. The molecule has 3 N–H and O–H groups in total. The zero-order valence-corrected chi connectivity index (χ0v) is 21.5. The molecule has 180 valence electrons. The second kappa shape index (κ2) is 10.9. The van der Waals surface area contributed by atoms with Gasteiger partial charge in [0, 0.05) is 23.0 Å². The molecule has 1 unspecified atom stereocenters. The summed E-state index contributed by atoms with van der Waals surface area (Å²) in [6.07, 6.45) is 2.69. The highest BCUT2D eigenvalue weighted by atomic mass is 127. The summed E-state index contributed by atoms with van der Waals surface area (Å²) in [7, 11) is 1.51. The number of alkyl halides is 1. The third-order valence-electron chi connectivity index (χ3n) is 4.81. The number of hydrogen-bond acceptors (Lipinski definition) is 7. The SMILES string of the molecule is COc1ccc(Nc2nc(Nc3ccc(C(=O)Nc4ccnn4C(C)I)cc3)ncc2F)cc1Cl. The number of nitrogens with zero attached hydrogens (tertiary/aromatic N) is 4. The maximum absolute atomic E-state index is 14.3. The van der Waals surface area contributed by atoms with Crippen LogP contribution < -0.4 is 20.7 Å².